The van der Waals surface area contributed by atoms with Crippen LogP contribution in [0.25, 0.3) is 22.3 Å². The van der Waals surface area contributed by atoms with Crippen LogP contribution in [-0.4, -0.2) is 26.5 Å². The zero-order chi connectivity index (χ0) is 21.3. The van der Waals surface area contributed by atoms with E-state index in [2.05, 4.69) is 22.0 Å². The van der Waals surface area contributed by atoms with Crippen LogP contribution >= 0.6 is 22.9 Å². The molecule has 152 valence electrons. The van der Waals surface area contributed by atoms with Crippen LogP contribution in [0.4, 0.5) is 13.2 Å². The van der Waals surface area contributed by atoms with Crippen LogP contribution in [0.5, 0.6) is 0 Å². The van der Waals surface area contributed by atoms with Crippen molar-refractivity contribution < 1.29 is 18.0 Å². The van der Waals surface area contributed by atoms with E-state index < -0.39 is 17.1 Å². The van der Waals surface area contributed by atoms with Crippen molar-refractivity contribution in [3.05, 3.63) is 58.2 Å². The molecule has 5 nitrogen and oxygen atoms in total. The molecule has 0 fully saturated rings. The van der Waals surface area contributed by atoms with Gasteiger partial charge < -0.3 is 5.32 Å². The zero-order valence-electron chi connectivity index (χ0n) is 15.4. The standard InChI is InChI=1S/C19H16ClF3N4OS/c1-10(2)11(3)24-15(28)9-8-14-16(12-6-4-5-7-13(12)20)25-18-27(14)26-17(29-18)19(21,22)23/h4-9,11H,1H2,2-3H3,(H,24,28)/b9-8+. The van der Waals surface area contributed by atoms with E-state index >= 15 is 0 Å². The molecule has 1 amide bonds. The smallest absolute Gasteiger partial charge is 0.346 e. The number of fused-ring (bicyclic) bond motifs is 1. The molecule has 29 heavy (non-hydrogen) atoms. The molecule has 1 atom stereocenters. The van der Waals surface area contributed by atoms with Crippen molar-refractivity contribution in [3.63, 3.8) is 0 Å². The largest absolute Gasteiger partial charge is 0.445 e. The van der Waals surface area contributed by atoms with Crippen LogP contribution in [0.2, 0.25) is 5.02 Å². The van der Waals surface area contributed by atoms with Crippen LogP contribution in [0, 0.1) is 0 Å². The molecular formula is C19H16ClF3N4OS. The van der Waals surface area contributed by atoms with Crippen molar-refractivity contribution in [2.24, 2.45) is 0 Å². The third-order valence-electron chi connectivity index (χ3n) is 4.10. The normalized spacial score (nSPS) is 13.2. The number of hydrogen-bond acceptors (Lipinski definition) is 4. The summed E-state index contributed by atoms with van der Waals surface area (Å²) in [7, 11) is 0. The molecule has 2 aromatic heterocycles. The SMILES string of the molecule is C=C(C)C(C)NC(=O)/C=C/c1c(-c2ccccc2Cl)nc2sc(C(F)(F)F)nn12. The van der Waals surface area contributed by atoms with Gasteiger partial charge in [0.15, 0.2) is 0 Å². The Bertz CT molecular complexity index is 1120. The Hall–Kier alpha value is -2.65. The lowest BCUT2D eigenvalue weighted by atomic mass is 10.1. The highest BCUT2D eigenvalue weighted by molar-refractivity contribution is 7.16. The van der Waals surface area contributed by atoms with E-state index in [0.29, 0.717) is 27.6 Å². The van der Waals surface area contributed by atoms with Crippen molar-refractivity contribution in [3.8, 4) is 11.3 Å². The first kappa shape index (κ1) is 21.1. The van der Waals surface area contributed by atoms with E-state index in [9.17, 15) is 18.0 Å². The summed E-state index contributed by atoms with van der Waals surface area (Å²) < 4.78 is 40.2. The van der Waals surface area contributed by atoms with Gasteiger partial charge in [-0.15, -0.1) is 5.10 Å². The Morgan fingerprint density at radius 2 is 2.07 bits per heavy atom. The van der Waals surface area contributed by atoms with Crippen molar-refractivity contribution >= 4 is 39.9 Å². The summed E-state index contributed by atoms with van der Waals surface area (Å²) in [5, 5.41) is 5.70. The fourth-order valence-corrected chi connectivity index (χ4v) is 3.42. The summed E-state index contributed by atoms with van der Waals surface area (Å²) in [6.45, 7) is 7.32. The number of benzene rings is 1. The van der Waals surface area contributed by atoms with Gasteiger partial charge in [0.2, 0.25) is 15.9 Å². The number of halogens is 4. The Morgan fingerprint density at radius 3 is 2.69 bits per heavy atom. The molecule has 0 saturated heterocycles. The molecule has 0 spiro atoms. The highest BCUT2D eigenvalue weighted by Gasteiger charge is 2.36. The maximum Gasteiger partial charge on any atom is 0.445 e. The second-order valence-electron chi connectivity index (χ2n) is 6.33. The summed E-state index contributed by atoms with van der Waals surface area (Å²) in [4.78, 5) is 16.5. The minimum absolute atomic E-state index is 0.0441. The fourth-order valence-electron chi connectivity index (χ4n) is 2.42. The molecule has 1 unspecified atom stereocenters. The molecule has 0 radical (unpaired) electrons. The van der Waals surface area contributed by atoms with Gasteiger partial charge in [-0.1, -0.05) is 53.3 Å². The van der Waals surface area contributed by atoms with Crippen LogP contribution < -0.4 is 5.32 Å². The van der Waals surface area contributed by atoms with Gasteiger partial charge in [-0.3, -0.25) is 4.79 Å². The Labute approximate surface area is 173 Å². The summed E-state index contributed by atoms with van der Waals surface area (Å²) in [6.07, 6.45) is -2.00. The summed E-state index contributed by atoms with van der Waals surface area (Å²) in [5.74, 6) is -0.424. The van der Waals surface area contributed by atoms with Crippen molar-refractivity contribution in [2.45, 2.75) is 26.1 Å². The molecule has 0 aliphatic carbocycles. The minimum Gasteiger partial charge on any atom is -0.346 e. The Balaban J connectivity index is 2.08. The molecule has 0 saturated carbocycles. The molecule has 1 aromatic carbocycles. The summed E-state index contributed by atoms with van der Waals surface area (Å²) >= 11 is 6.65. The molecule has 1 N–H and O–H groups in total. The second kappa shape index (κ2) is 8.00. The van der Waals surface area contributed by atoms with Gasteiger partial charge in [-0.05, 0) is 26.0 Å². The highest BCUT2D eigenvalue weighted by atomic mass is 35.5. The van der Waals surface area contributed by atoms with Crippen molar-refractivity contribution in [1.29, 1.82) is 0 Å². The number of carbonyl (C=O) groups is 1. The molecule has 3 rings (SSSR count). The maximum absolute atomic E-state index is 13.1. The van der Waals surface area contributed by atoms with Gasteiger partial charge in [-0.2, -0.15) is 13.2 Å². The number of nitrogens with zero attached hydrogens (tertiary/aromatic N) is 3. The van der Waals surface area contributed by atoms with Gasteiger partial charge in [0, 0.05) is 17.7 Å². The number of amides is 1. The van der Waals surface area contributed by atoms with E-state index in [1.54, 1.807) is 38.1 Å². The number of imidazole rings is 1. The lowest BCUT2D eigenvalue weighted by molar-refractivity contribution is -0.138. The van der Waals surface area contributed by atoms with Gasteiger partial charge in [0.1, 0.15) is 5.69 Å². The Kier molecular flexibility index (Phi) is 5.81. The quantitative estimate of drug-likeness (QED) is 0.437. The number of rotatable bonds is 5. The maximum atomic E-state index is 13.1. The third kappa shape index (κ3) is 4.51. The van der Waals surface area contributed by atoms with Gasteiger partial charge in [-0.25, -0.2) is 9.50 Å². The molecule has 10 heteroatoms. The zero-order valence-corrected chi connectivity index (χ0v) is 17.0. The number of aromatic nitrogens is 3. The molecular weight excluding hydrogens is 425 g/mol. The minimum atomic E-state index is -4.59. The summed E-state index contributed by atoms with van der Waals surface area (Å²) in [6, 6.07) is 6.55. The Morgan fingerprint density at radius 1 is 1.38 bits per heavy atom. The molecule has 0 bridgehead atoms. The van der Waals surface area contributed by atoms with E-state index in [1.165, 1.54) is 12.2 Å². The van der Waals surface area contributed by atoms with Crippen molar-refractivity contribution in [2.75, 3.05) is 0 Å². The van der Waals surface area contributed by atoms with E-state index in [1.807, 2.05) is 0 Å². The number of hydrogen-bond donors (Lipinski definition) is 1. The van der Waals surface area contributed by atoms with Crippen LogP contribution in [0.3, 0.4) is 0 Å². The fraction of sp³-hybridized carbons (Fsp3) is 0.211. The van der Waals surface area contributed by atoms with E-state index in [0.717, 1.165) is 10.1 Å². The number of alkyl halides is 3. The van der Waals surface area contributed by atoms with Gasteiger partial charge >= 0.3 is 6.18 Å². The lowest BCUT2D eigenvalue weighted by Gasteiger charge is -2.11. The number of nitrogens with one attached hydrogen (secondary N) is 1. The van der Waals surface area contributed by atoms with E-state index in [-0.39, 0.29) is 16.7 Å². The first-order valence-electron chi connectivity index (χ1n) is 8.43. The predicted octanol–water partition coefficient (Wildman–Crippen LogP) is 5.22. The highest BCUT2D eigenvalue weighted by Crippen LogP contribution is 2.36. The molecule has 3 aromatic rings. The third-order valence-corrected chi connectivity index (χ3v) is 5.38. The first-order valence-corrected chi connectivity index (χ1v) is 9.63. The second-order valence-corrected chi connectivity index (χ2v) is 7.70. The number of carbonyl (C=O) groups excluding carboxylic acids is 1. The molecule has 0 aliphatic heterocycles. The van der Waals surface area contributed by atoms with Crippen molar-refractivity contribution in [1.82, 2.24) is 19.9 Å². The van der Waals surface area contributed by atoms with Crippen LogP contribution in [0.15, 0.2) is 42.5 Å². The molecule has 2 heterocycles. The monoisotopic (exact) mass is 440 g/mol. The first-order chi connectivity index (χ1) is 13.6. The topological polar surface area (TPSA) is 59.3 Å². The average Bonchev–Trinajstić information content (AvgIpc) is 3.18. The van der Waals surface area contributed by atoms with Gasteiger partial charge in [0.25, 0.3) is 0 Å². The van der Waals surface area contributed by atoms with E-state index in [4.69, 9.17) is 11.6 Å². The van der Waals surface area contributed by atoms with Crippen LogP contribution in [0.1, 0.15) is 24.5 Å². The van der Waals surface area contributed by atoms with Crippen LogP contribution in [-0.2, 0) is 11.0 Å². The van der Waals surface area contributed by atoms with Gasteiger partial charge in [0.05, 0.1) is 10.7 Å². The predicted molar refractivity (Wildman–Crippen MR) is 108 cm³/mol. The average molecular weight is 441 g/mol. The molecule has 0 aliphatic rings. The summed E-state index contributed by atoms with van der Waals surface area (Å²) in [5.41, 5.74) is 1.85. The lowest BCUT2D eigenvalue weighted by Crippen LogP contribution is -2.31.